The van der Waals surface area contributed by atoms with Crippen LogP contribution in [0.4, 0.5) is 19.5 Å². The van der Waals surface area contributed by atoms with Crippen LogP contribution in [0.3, 0.4) is 0 Å². The Hall–Kier alpha value is -3.42. The van der Waals surface area contributed by atoms with Crippen LogP contribution in [0.15, 0.2) is 53.1 Å². The molecular formula is C18H14F2N2O4. The summed E-state index contributed by atoms with van der Waals surface area (Å²) in [4.78, 5) is 11.8. The molecule has 134 valence electrons. The number of aromatic nitrogens is 1. The molecular weight excluding hydrogens is 346 g/mol. The van der Waals surface area contributed by atoms with Gasteiger partial charge in [0, 0.05) is 18.7 Å². The summed E-state index contributed by atoms with van der Waals surface area (Å²) in [5, 5.41) is 12.7. The van der Waals surface area contributed by atoms with Crippen molar-refractivity contribution in [1.29, 1.82) is 0 Å². The Morgan fingerprint density at radius 2 is 1.85 bits per heavy atom. The number of rotatable bonds is 5. The molecule has 0 unspecified atom stereocenters. The molecule has 0 bridgehead atoms. The molecule has 1 heterocycles. The number of hydrogen-bond acceptors (Lipinski definition) is 4. The number of carboxylic acid groups (broad SMARTS) is 1. The summed E-state index contributed by atoms with van der Waals surface area (Å²) in [6.07, 6.45) is -1.17. The molecule has 3 rings (SSSR count). The first kappa shape index (κ1) is 17.4. The van der Waals surface area contributed by atoms with Crippen molar-refractivity contribution in [3.63, 3.8) is 0 Å². The van der Waals surface area contributed by atoms with E-state index in [0.717, 1.165) is 4.90 Å². The van der Waals surface area contributed by atoms with Gasteiger partial charge in [-0.2, -0.15) is 0 Å². The van der Waals surface area contributed by atoms with Crippen LogP contribution in [0.25, 0.3) is 11.3 Å². The predicted octanol–water partition coefficient (Wildman–Crippen LogP) is 4.31. The Morgan fingerprint density at radius 3 is 2.46 bits per heavy atom. The smallest absolute Gasteiger partial charge is 0.413 e. The summed E-state index contributed by atoms with van der Waals surface area (Å²) in [6, 6.07) is 11.7. The lowest BCUT2D eigenvalue weighted by molar-refractivity contribution is 0.201. The van der Waals surface area contributed by atoms with Crippen LogP contribution in [0.1, 0.15) is 5.56 Å². The fourth-order valence-electron chi connectivity index (χ4n) is 2.20. The van der Waals surface area contributed by atoms with E-state index < -0.39 is 17.7 Å². The number of benzene rings is 2. The first-order valence-corrected chi connectivity index (χ1v) is 7.55. The van der Waals surface area contributed by atoms with Gasteiger partial charge in [-0.1, -0.05) is 11.2 Å². The quantitative estimate of drug-likeness (QED) is 0.734. The summed E-state index contributed by atoms with van der Waals surface area (Å²) in [7, 11) is 1.34. The molecule has 8 heteroatoms. The van der Waals surface area contributed by atoms with Gasteiger partial charge in [-0.05, 0) is 36.4 Å². The monoisotopic (exact) mass is 360 g/mol. The molecule has 1 amide bonds. The van der Waals surface area contributed by atoms with Crippen LogP contribution in [0.5, 0.6) is 5.75 Å². The largest absolute Gasteiger partial charge is 0.489 e. The van der Waals surface area contributed by atoms with Gasteiger partial charge in [-0.3, -0.25) is 0 Å². The summed E-state index contributed by atoms with van der Waals surface area (Å²) < 4.78 is 37.6. The van der Waals surface area contributed by atoms with E-state index in [1.165, 1.54) is 31.3 Å². The molecule has 0 radical (unpaired) electrons. The van der Waals surface area contributed by atoms with E-state index in [-0.39, 0.29) is 18.1 Å². The highest BCUT2D eigenvalue weighted by molar-refractivity contribution is 5.84. The van der Waals surface area contributed by atoms with Gasteiger partial charge >= 0.3 is 6.09 Å². The van der Waals surface area contributed by atoms with Crippen molar-refractivity contribution in [2.24, 2.45) is 0 Å². The van der Waals surface area contributed by atoms with Gasteiger partial charge in [0.25, 0.3) is 0 Å². The van der Waals surface area contributed by atoms with Crippen LogP contribution in [0.2, 0.25) is 0 Å². The van der Waals surface area contributed by atoms with Crippen molar-refractivity contribution in [3.8, 4) is 17.0 Å². The lowest BCUT2D eigenvalue weighted by atomic mass is 10.1. The molecule has 3 aromatic rings. The standard InChI is InChI=1S/C18H14F2N2O4/c1-22(18(23)24)17-9-16(21-26-17)11-5-7-12(8-6-11)25-10-13-14(19)3-2-4-15(13)20/h2-9H,10H2,1H3,(H,23,24). The Labute approximate surface area is 147 Å². The molecule has 0 fully saturated rings. The van der Waals surface area contributed by atoms with Crippen molar-refractivity contribution in [2.45, 2.75) is 6.61 Å². The number of anilines is 1. The minimum atomic E-state index is -1.17. The molecule has 1 N–H and O–H groups in total. The zero-order valence-electron chi connectivity index (χ0n) is 13.6. The highest BCUT2D eigenvalue weighted by Crippen LogP contribution is 2.26. The van der Waals surface area contributed by atoms with Gasteiger partial charge in [0.1, 0.15) is 29.7 Å². The third-order valence-electron chi connectivity index (χ3n) is 3.71. The number of nitrogens with zero attached hydrogens (tertiary/aromatic N) is 2. The number of carbonyl (C=O) groups is 1. The van der Waals surface area contributed by atoms with Crippen molar-refractivity contribution in [1.82, 2.24) is 5.16 Å². The van der Waals surface area contributed by atoms with Gasteiger partial charge in [-0.25, -0.2) is 18.5 Å². The molecule has 0 aliphatic heterocycles. The average Bonchev–Trinajstić information content (AvgIpc) is 3.11. The van der Waals surface area contributed by atoms with E-state index in [1.54, 1.807) is 24.3 Å². The van der Waals surface area contributed by atoms with Gasteiger partial charge in [-0.15, -0.1) is 0 Å². The fourth-order valence-corrected chi connectivity index (χ4v) is 2.20. The zero-order chi connectivity index (χ0) is 18.7. The number of amides is 1. The maximum atomic E-state index is 13.6. The van der Waals surface area contributed by atoms with Crippen molar-refractivity contribution in [2.75, 3.05) is 11.9 Å². The van der Waals surface area contributed by atoms with Crippen LogP contribution < -0.4 is 9.64 Å². The second kappa shape index (κ2) is 7.22. The molecule has 1 aromatic heterocycles. The van der Waals surface area contributed by atoms with Gasteiger partial charge in [0.05, 0.1) is 5.56 Å². The lowest BCUT2D eigenvalue weighted by Gasteiger charge is -2.08. The summed E-state index contributed by atoms with van der Waals surface area (Å²) in [5.74, 6) is -0.829. The molecule has 2 aromatic carbocycles. The number of ether oxygens (including phenoxy) is 1. The van der Waals surface area contributed by atoms with Crippen LogP contribution in [-0.2, 0) is 6.61 Å². The van der Waals surface area contributed by atoms with E-state index in [2.05, 4.69) is 5.16 Å². The Bertz CT molecular complexity index is 905. The maximum Gasteiger partial charge on any atom is 0.413 e. The van der Waals surface area contributed by atoms with Crippen LogP contribution >= 0.6 is 0 Å². The maximum absolute atomic E-state index is 13.6. The first-order chi connectivity index (χ1) is 12.5. The van der Waals surface area contributed by atoms with E-state index in [4.69, 9.17) is 14.4 Å². The molecule has 0 aliphatic carbocycles. The molecule has 26 heavy (non-hydrogen) atoms. The molecule has 0 saturated heterocycles. The zero-order valence-corrected chi connectivity index (χ0v) is 13.6. The Kier molecular flexibility index (Phi) is 4.83. The van der Waals surface area contributed by atoms with Crippen molar-refractivity contribution >= 4 is 12.0 Å². The third-order valence-corrected chi connectivity index (χ3v) is 3.71. The SMILES string of the molecule is CN(C(=O)O)c1cc(-c2ccc(OCc3c(F)cccc3F)cc2)no1. The molecule has 6 nitrogen and oxygen atoms in total. The van der Waals surface area contributed by atoms with Crippen molar-refractivity contribution in [3.05, 3.63) is 65.7 Å². The Morgan fingerprint density at radius 1 is 1.19 bits per heavy atom. The van der Waals surface area contributed by atoms with E-state index in [9.17, 15) is 13.6 Å². The van der Waals surface area contributed by atoms with Gasteiger partial charge in [0.2, 0.25) is 5.88 Å². The highest BCUT2D eigenvalue weighted by atomic mass is 19.1. The van der Waals surface area contributed by atoms with Crippen LogP contribution in [-0.4, -0.2) is 23.4 Å². The molecule has 0 aliphatic rings. The number of hydrogen-bond donors (Lipinski definition) is 1. The normalized spacial score (nSPS) is 10.6. The molecule has 0 atom stereocenters. The predicted molar refractivity (Wildman–Crippen MR) is 89.1 cm³/mol. The highest BCUT2D eigenvalue weighted by Gasteiger charge is 2.15. The van der Waals surface area contributed by atoms with E-state index in [0.29, 0.717) is 17.0 Å². The van der Waals surface area contributed by atoms with E-state index >= 15 is 0 Å². The Balaban J connectivity index is 1.70. The summed E-state index contributed by atoms with van der Waals surface area (Å²) in [6.45, 7) is -0.241. The average molecular weight is 360 g/mol. The topological polar surface area (TPSA) is 75.8 Å². The minimum Gasteiger partial charge on any atom is -0.489 e. The summed E-state index contributed by atoms with van der Waals surface area (Å²) in [5.41, 5.74) is 0.970. The molecule has 0 saturated carbocycles. The minimum absolute atomic E-state index is 0.0860. The first-order valence-electron chi connectivity index (χ1n) is 7.55. The summed E-state index contributed by atoms with van der Waals surface area (Å²) >= 11 is 0. The van der Waals surface area contributed by atoms with Gasteiger partial charge < -0.3 is 14.4 Å². The van der Waals surface area contributed by atoms with Crippen molar-refractivity contribution < 1.29 is 27.9 Å². The fraction of sp³-hybridized carbons (Fsp3) is 0.111. The lowest BCUT2D eigenvalue weighted by Crippen LogP contribution is -2.23. The van der Waals surface area contributed by atoms with Crippen LogP contribution in [0, 0.1) is 11.6 Å². The second-order valence-corrected chi connectivity index (χ2v) is 5.41. The van der Waals surface area contributed by atoms with E-state index in [1.807, 2.05) is 0 Å². The third kappa shape index (κ3) is 3.64. The number of halogens is 2. The molecule has 0 spiro atoms. The van der Waals surface area contributed by atoms with Gasteiger partial charge in [0.15, 0.2) is 0 Å². The second-order valence-electron chi connectivity index (χ2n) is 5.41.